The minimum absolute atomic E-state index is 0.285. The molecule has 1 aliphatic rings. The summed E-state index contributed by atoms with van der Waals surface area (Å²) in [6, 6.07) is 23.0. The normalized spacial score (nSPS) is 19.5. The van der Waals surface area contributed by atoms with E-state index < -0.39 is 12.1 Å². The van der Waals surface area contributed by atoms with Crippen molar-refractivity contribution in [1.29, 1.82) is 0 Å². The zero-order valence-corrected chi connectivity index (χ0v) is 17.1. The van der Waals surface area contributed by atoms with Crippen molar-refractivity contribution in [2.45, 2.75) is 19.0 Å². The van der Waals surface area contributed by atoms with Crippen LogP contribution < -0.4 is 10.7 Å². The molecule has 0 unspecified atom stereocenters. The van der Waals surface area contributed by atoms with Gasteiger partial charge < -0.3 is 5.32 Å². The second-order valence-corrected chi connectivity index (χ2v) is 7.61. The van der Waals surface area contributed by atoms with Gasteiger partial charge in [0.05, 0.1) is 10.6 Å². The maximum atomic E-state index is 12.8. The van der Waals surface area contributed by atoms with Gasteiger partial charge in [-0.15, -0.1) is 10.1 Å². The zero-order chi connectivity index (χ0) is 21.1. The van der Waals surface area contributed by atoms with Crippen LogP contribution in [0.4, 0.5) is 0 Å². The van der Waals surface area contributed by atoms with Gasteiger partial charge in [0.15, 0.2) is 6.04 Å². The van der Waals surface area contributed by atoms with E-state index in [4.69, 9.17) is 11.6 Å². The Balaban J connectivity index is 1.70. The van der Waals surface area contributed by atoms with Crippen LogP contribution in [-0.4, -0.2) is 28.8 Å². The number of carbonyl (C=O) groups excluding carboxylic acids is 2. The van der Waals surface area contributed by atoms with E-state index in [1.54, 1.807) is 29.1 Å². The molecule has 0 bridgehead atoms. The van der Waals surface area contributed by atoms with Crippen LogP contribution >= 0.6 is 11.6 Å². The van der Waals surface area contributed by atoms with E-state index in [-0.39, 0.29) is 11.8 Å². The second kappa shape index (κ2) is 8.51. The van der Waals surface area contributed by atoms with Gasteiger partial charge in [-0.2, -0.15) is 0 Å². The standard InChI is InChI=1S/C24H20ClN3O2/c1-16-11-13-18(14-12-16)23(29)26-21-22(17-7-3-2-4-8-17)28(27-24(21)30)15-19-9-5-6-10-20(19)25/h2-15,21-22H,1H3,(H-,26,27,29,30)/p+1/b28-15-/t21-,22+/m1/s1. The Morgan fingerprint density at radius 1 is 1.00 bits per heavy atom. The largest absolute Gasteiger partial charge is 0.334 e. The van der Waals surface area contributed by atoms with Crippen LogP contribution in [-0.2, 0) is 4.79 Å². The monoisotopic (exact) mass is 418 g/mol. The predicted molar refractivity (Wildman–Crippen MR) is 117 cm³/mol. The fourth-order valence-corrected chi connectivity index (χ4v) is 3.67. The first-order chi connectivity index (χ1) is 14.5. The summed E-state index contributed by atoms with van der Waals surface area (Å²) in [7, 11) is 0. The summed E-state index contributed by atoms with van der Waals surface area (Å²) in [5, 5.41) is 3.47. The summed E-state index contributed by atoms with van der Waals surface area (Å²) in [6.45, 7) is 1.96. The van der Waals surface area contributed by atoms with Crippen molar-refractivity contribution in [3.05, 3.63) is 106 Å². The average molecular weight is 419 g/mol. The third-order valence-corrected chi connectivity index (χ3v) is 5.41. The lowest BCUT2D eigenvalue weighted by molar-refractivity contribution is -0.596. The fourth-order valence-electron chi connectivity index (χ4n) is 3.49. The van der Waals surface area contributed by atoms with E-state index in [1.165, 1.54) is 0 Å². The van der Waals surface area contributed by atoms with Crippen molar-refractivity contribution in [3.8, 4) is 0 Å². The van der Waals surface area contributed by atoms with Crippen LogP contribution in [0, 0.1) is 6.92 Å². The summed E-state index contributed by atoms with van der Waals surface area (Å²) in [4.78, 5) is 25.7. The number of rotatable bonds is 4. The molecule has 1 saturated heterocycles. The maximum absolute atomic E-state index is 12.8. The molecule has 150 valence electrons. The predicted octanol–water partition coefficient (Wildman–Crippen LogP) is 3.66. The Labute approximate surface area is 180 Å². The van der Waals surface area contributed by atoms with Gasteiger partial charge in [0.1, 0.15) is 0 Å². The van der Waals surface area contributed by atoms with Gasteiger partial charge >= 0.3 is 5.91 Å². The smallest absolute Gasteiger partial charge is 0.304 e. The highest BCUT2D eigenvalue weighted by molar-refractivity contribution is 6.32. The Morgan fingerprint density at radius 2 is 1.67 bits per heavy atom. The van der Waals surface area contributed by atoms with E-state index in [1.807, 2.05) is 67.6 Å². The number of hydrazone groups is 1. The van der Waals surface area contributed by atoms with Crippen LogP contribution in [0.1, 0.15) is 33.1 Å². The SMILES string of the molecule is Cc1ccc(C(=O)N[C@H]2C(=O)N/[N+](=C\c3ccccc3Cl)[C@H]2c2ccccc2)cc1. The highest BCUT2D eigenvalue weighted by atomic mass is 35.5. The van der Waals surface area contributed by atoms with Crippen LogP contribution in [0.2, 0.25) is 5.02 Å². The van der Waals surface area contributed by atoms with Gasteiger partial charge in [-0.05, 0) is 31.2 Å². The summed E-state index contributed by atoms with van der Waals surface area (Å²) >= 11 is 6.31. The molecule has 1 aliphatic heterocycles. The first-order valence-corrected chi connectivity index (χ1v) is 10.0. The van der Waals surface area contributed by atoms with Crippen LogP contribution in [0.25, 0.3) is 0 Å². The van der Waals surface area contributed by atoms with E-state index in [0.717, 1.165) is 16.7 Å². The Morgan fingerprint density at radius 3 is 2.37 bits per heavy atom. The van der Waals surface area contributed by atoms with E-state index in [2.05, 4.69) is 10.7 Å². The molecular weight excluding hydrogens is 398 g/mol. The number of aryl methyl sites for hydroxylation is 1. The Bertz CT molecular complexity index is 1110. The number of hydrogen-bond donors (Lipinski definition) is 2. The second-order valence-electron chi connectivity index (χ2n) is 7.21. The third kappa shape index (κ3) is 4.11. The highest BCUT2D eigenvalue weighted by Gasteiger charge is 2.47. The molecule has 0 aromatic heterocycles. The number of nitrogens with zero attached hydrogens (tertiary/aromatic N) is 1. The number of hydrazine groups is 1. The summed E-state index contributed by atoms with van der Waals surface area (Å²) < 4.78 is 1.71. The Hall–Kier alpha value is -3.44. The molecule has 3 aromatic rings. The molecular formula is C24H21ClN3O2+. The number of amides is 2. The number of nitrogens with one attached hydrogen (secondary N) is 2. The number of carbonyl (C=O) groups is 2. The van der Waals surface area contributed by atoms with Gasteiger partial charge in [0.25, 0.3) is 5.91 Å². The van der Waals surface area contributed by atoms with Crippen molar-refractivity contribution in [1.82, 2.24) is 10.7 Å². The Kier molecular flexibility index (Phi) is 5.63. The molecule has 5 nitrogen and oxygen atoms in total. The molecule has 2 amide bonds. The first kappa shape index (κ1) is 19.9. The van der Waals surface area contributed by atoms with Crippen LogP contribution in [0.15, 0.2) is 78.9 Å². The van der Waals surface area contributed by atoms with Crippen molar-refractivity contribution in [3.63, 3.8) is 0 Å². The van der Waals surface area contributed by atoms with Gasteiger partial charge in [0.2, 0.25) is 12.3 Å². The number of benzene rings is 3. The zero-order valence-electron chi connectivity index (χ0n) is 16.4. The van der Waals surface area contributed by atoms with E-state index >= 15 is 0 Å². The van der Waals surface area contributed by atoms with Crippen molar-refractivity contribution in [2.75, 3.05) is 0 Å². The topological polar surface area (TPSA) is 61.2 Å². The molecule has 2 N–H and O–H groups in total. The lowest BCUT2D eigenvalue weighted by atomic mass is 9.99. The molecule has 2 atom stereocenters. The molecule has 1 heterocycles. The van der Waals surface area contributed by atoms with Crippen LogP contribution in [0.5, 0.6) is 0 Å². The van der Waals surface area contributed by atoms with Gasteiger partial charge in [-0.1, -0.05) is 71.8 Å². The molecule has 30 heavy (non-hydrogen) atoms. The highest BCUT2D eigenvalue weighted by Crippen LogP contribution is 2.26. The summed E-state index contributed by atoms with van der Waals surface area (Å²) in [5.74, 6) is -0.580. The maximum Gasteiger partial charge on any atom is 0.304 e. The molecule has 3 aromatic carbocycles. The lowest BCUT2D eigenvalue weighted by Crippen LogP contribution is -2.42. The quantitative estimate of drug-likeness (QED) is 0.635. The van der Waals surface area contributed by atoms with Crippen molar-refractivity contribution >= 4 is 29.6 Å². The average Bonchev–Trinajstić information content (AvgIpc) is 3.05. The molecule has 0 saturated carbocycles. The third-order valence-electron chi connectivity index (χ3n) is 5.06. The van der Waals surface area contributed by atoms with Crippen LogP contribution in [0.3, 0.4) is 0 Å². The number of halogens is 1. The molecule has 4 rings (SSSR count). The molecule has 0 radical (unpaired) electrons. The summed E-state index contributed by atoms with van der Waals surface area (Å²) in [5.41, 5.74) is 6.10. The molecule has 6 heteroatoms. The van der Waals surface area contributed by atoms with Gasteiger partial charge in [-0.25, -0.2) is 0 Å². The minimum Gasteiger partial charge on any atom is -0.334 e. The van der Waals surface area contributed by atoms with E-state index in [9.17, 15) is 9.59 Å². The number of hydrogen-bond acceptors (Lipinski definition) is 2. The molecule has 0 spiro atoms. The van der Waals surface area contributed by atoms with Crippen molar-refractivity contribution in [2.24, 2.45) is 0 Å². The lowest BCUT2D eigenvalue weighted by Gasteiger charge is -2.14. The molecule has 1 fully saturated rings. The minimum atomic E-state index is -0.764. The van der Waals surface area contributed by atoms with E-state index in [0.29, 0.717) is 10.6 Å². The van der Waals surface area contributed by atoms with Gasteiger partial charge in [-0.3, -0.25) is 9.59 Å². The fraction of sp³-hybridized carbons (Fsp3) is 0.125. The molecule has 0 aliphatic carbocycles. The van der Waals surface area contributed by atoms with Crippen molar-refractivity contribution < 1.29 is 14.3 Å². The summed E-state index contributed by atoms with van der Waals surface area (Å²) in [6.07, 6.45) is 1.79. The van der Waals surface area contributed by atoms with Gasteiger partial charge in [0, 0.05) is 11.1 Å². The first-order valence-electron chi connectivity index (χ1n) is 9.63.